The summed E-state index contributed by atoms with van der Waals surface area (Å²) in [6.07, 6.45) is 0. The molecule has 3 aliphatic heterocycles. The van der Waals surface area contributed by atoms with Crippen molar-refractivity contribution >= 4 is 46.4 Å². The third-order valence-electron chi connectivity index (χ3n) is 14.2. The fourth-order valence-electron chi connectivity index (χ4n) is 10.8. The second kappa shape index (κ2) is 15.8. The second-order valence-corrected chi connectivity index (χ2v) is 21.6. The number of ether oxygens (including phenoxy) is 1. The predicted octanol–water partition coefficient (Wildman–Crippen LogP) is 14.9. The van der Waals surface area contributed by atoms with E-state index in [4.69, 9.17) is 9.72 Å². The third-order valence-corrected chi connectivity index (χ3v) is 15.2. The molecule has 342 valence electrons. The van der Waals surface area contributed by atoms with E-state index < -0.39 is 0 Å². The molecule has 0 saturated carbocycles. The molecule has 10 aromatic rings. The summed E-state index contributed by atoms with van der Waals surface area (Å²) in [7, 11) is 0. The SMILES string of the molecule is CC(C)(C)c1cccc(-c2cc(C(C)(C)C)cc(-c3ccccc3)c2-n2[c](=[Pt])n(-c3[c-]c(Oc4ccc5c(n4)N4B6c7c(cccc7-5)-c5ccccc5N6c5ccc[c-]c54)ccc3)c3ccccc32)c1. The second-order valence-electron chi connectivity index (χ2n) is 20.6. The van der Waals surface area contributed by atoms with Crippen molar-refractivity contribution in [1.29, 1.82) is 0 Å². The van der Waals surface area contributed by atoms with E-state index in [9.17, 15) is 0 Å². The molecular weight excluding hydrogens is 1040 g/mol. The van der Waals surface area contributed by atoms with E-state index in [1.165, 1.54) is 55.7 Å². The number of benzene rings is 8. The van der Waals surface area contributed by atoms with Crippen molar-refractivity contribution in [2.75, 3.05) is 9.62 Å². The molecule has 0 spiro atoms. The van der Waals surface area contributed by atoms with Gasteiger partial charge in [0.1, 0.15) is 0 Å². The number of rotatable bonds is 6. The molecule has 2 aromatic heterocycles. The summed E-state index contributed by atoms with van der Waals surface area (Å²) in [5, 5.41) is 0. The fourth-order valence-corrected chi connectivity index (χ4v) is 11.9. The Morgan fingerprint density at radius 1 is 0.529 bits per heavy atom. The Labute approximate surface area is 420 Å². The van der Waals surface area contributed by atoms with E-state index in [2.05, 4.69) is 250 Å². The molecule has 70 heavy (non-hydrogen) atoms. The molecule has 5 heterocycles. The number of nitrogens with zero attached hydrogens (tertiary/aromatic N) is 5. The van der Waals surface area contributed by atoms with Crippen LogP contribution in [0.2, 0.25) is 0 Å². The number of hydrogen-bond acceptors (Lipinski definition) is 4. The van der Waals surface area contributed by atoms with Gasteiger partial charge in [0.2, 0.25) is 0 Å². The van der Waals surface area contributed by atoms with Crippen LogP contribution < -0.4 is 19.8 Å². The zero-order chi connectivity index (χ0) is 47.6. The molecule has 0 fully saturated rings. The molecule has 3 aliphatic rings. The van der Waals surface area contributed by atoms with Gasteiger partial charge in [-0.3, -0.25) is 0 Å². The normalized spacial score (nSPS) is 13.3. The summed E-state index contributed by atoms with van der Waals surface area (Å²) in [5.74, 6) is 1.91. The van der Waals surface area contributed by atoms with Crippen molar-refractivity contribution in [2.24, 2.45) is 0 Å². The van der Waals surface area contributed by atoms with Crippen LogP contribution >= 0.6 is 0 Å². The van der Waals surface area contributed by atoms with Crippen LogP contribution in [0.1, 0.15) is 52.7 Å². The molecule has 0 aliphatic carbocycles. The number of imidazole rings is 1. The first-order chi connectivity index (χ1) is 33.9. The van der Waals surface area contributed by atoms with Gasteiger partial charge < -0.3 is 0 Å². The Balaban J connectivity index is 0.957. The summed E-state index contributed by atoms with van der Waals surface area (Å²) >= 11 is 2.52. The molecule has 0 saturated heterocycles. The standard InChI is InChI=1S/C62H48BN5O.Pt/c1-61(2,3)42-22-16-21-41(35-42)51-37-43(62(4,5)6)36-50(40-19-8-7-9-20-40)59(51)66-39-65(53-29-12-13-30-54(53)66)44-23-17-24-45(38-44)69-57-34-33-49-48-27-18-26-47-46-25-10-11-28-52(46)67-55-31-14-15-32-56(55)68(60(49)64-57)63(67)58(47)48;/h7-31,33-37H,1-6H3;/q-2;. The van der Waals surface area contributed by atoms with Crippen molar-refractivity contribution < 1.29 is 24.1 Å². The number of aromatic nitrogens is 3. The van der Waals surface area contributed by atoms with Crippen LogP contribution in [-0.2, 0) is 30.2 Å². The Morgan fingerprint density at radius 2 is 1.17 bits per heavy atom. The first-order valence-electron chi connectivity index (χ1n) is 24.0. The van der Waals surface area contributed by atoms with Crippen molar-refractivity contribution in [2.45, 2.75) is 52.4 Å². The topological polar surface area (TPSA) is 38.5 Å². The van der Waals surface area contributed by atoms with Gasteiger partial charge in [0, 0.05) is 11.3 Å². The molecule has 0 N–H and O–H groups in total. The molecule has 0 amide bonds. The zero-order valence-electron chi connectivity index (χ0n) is 39.9. The maximum atomic E-state index is 6.79. The Morgan fingerprint density at radius 3 is 1.96 bits per heavy atom. The van der Waals surface area contributed by atoms with Gasteiger partial charge in [0.15, 0.2) is 0 Å². The molecule has 0 radical (unpaired) electrons. The average Bonchev–Trinajstić information content (AvgIpc) is 3.88. The van der Waals surface area contributed by atoms with Crippen molar-refractivity contribution in [3.63, 3.8) is 0 Å². The Bertz CT molecular complexity index is 3840. The van der Waals surface area contributed by atoms with E-state index in [1.54, 1.807) is 0 Å². The number of para-hydroxylation sites is 4. The molecule has 0 bridgehead atoms. The van der Waals surface area contributed by atoms with Crippen molar-refractivity contribution in [1.82, 2.24) is 14.1 Å². The van der Waals surface area contributed by atoms with E-state index in [0.29, 0.717) is 11.6 Å². The number of hydrogen-bond donors (Lipinski definition) is 0. The quantitative estimate of drug-likeness (QED) is 0.123. The number of fused-ring (bicyclic) bond motifs is 10. The van der Waals surface area contributed by atoms with Crippen LogP contribution in [-0.4, -0.2) is 21.1 Å². The minimum absolute atomic E-state index is 0.0213. The maximum absolute atomic E-state index is 6.79. The van der Waals surface area contributed by atoms with Crippen LogP contribution in [0, 0.1) is 15.9 Å². The van der Waals surface area contributed by atoms with Crippen LogP contribution in [0.4, 0.5) is 22.9 Å². The Hall–Kier alpha value is -7.47. The van der Waals surface area contributed by atoms with Gasteiger partial charge in [-0.25, -0.2) is 0 Å². The van der Waals surface area contributed by atoms with Gasteiger partial charge in [0.25, 0.3) is 0 Å². The van der Waals surface area contributed by atoms with Gasteiger partial charge in [-0.15, -0.1) is 6.07 Å². The number of pyridine rings is 1. The van der Waals surface area contributed by atoms with E-state index in [-0.39, 0.29) is 17.8 Å². The minimum atomic E-state index is -0.106. The van der Waals surface area contributed by atoms with Gasteiger partial charge in [-0.1, -0.05) is 30.3 Å². The molecule has 8 aromatic carbocycles. The summed E-state index contributed by atoms with van der Waals surface area (Å²) in [4.78, 5) is 10.1. The average molecular weight is 1080 g/mol. The summed E-state index contributed by atoms with van der Waals surface area (Å²) in [6.45, 7) is 13.7. The van der Waals surface area contributed by atoms with E-state index in [0.717, 1.165) is 54.5 Å². The van der Waals surface area contributed by atoms with Crippen LogP contribution in [0.3, 0.4) is 0 Å². The Kier molecular flexibility index (Phi) is 9.61. The summed E-state index contributed by atoms with van der Waals surface area (Å²) < 4.78 is 12.5. The molecule has 13 rings (SSSR count). The van der Waals surface area contributed by atoms with E-state index in [1.807, 2.05) is 24.3 Å². The summed E-state index contributed by atoms with van der Waals surface area (Å²) in [6, 6.07) is 72.7. The molecule has 6 nitrogen and oxygen atoms in total. The molecule has 0 unspecified atom stereocenters. The van der Waals surface area contributed by atoms with Crippen molar-refractivity contribution in [3.8, 4) is 67.5 Å². The van der Waals surface area contributed by atoms with Crippen LogP contribution in [0.15, 0.2) is 182 Å². The fraction of sp³-hybridized carbons (Fsp3) is 0.129. The van der Waals surface area contributed by atoms with Gasteiger partial charge in [0.05, 0.1) is 0 Å². The van der Waals surface area contributed by atoms with Crippen LogP contribution in [0.25, 0.3) is 66.9 Å². The van der Waals surface area contributed by atoms with Crippen LogP contribution in [0.5, 0.6) is 11.6 Å². The molecule has 8 heteroatoms. The monoisotopic (exact) mass is 1080 g/mol. The zero-order valence-corrected chi connectivity index (χ0v) is 42.1. The molecule has 0 atom stereocenters. The van der Waals surface area contributed by atoms with Crippen molar-refractivity contribution in [3.05, 3.63) is 209 Å². The first kappa shape index (κ1) is 42.6. The summed E-state index contributed by atoms with van der Waals surface area (Å²) in [5.41, 5.74) is 20.6. The third kappa shape index (κ3) is 6.58. The number of anilines is 4. The van der Waals surface area contributed by atoms with E-state index >= 15 is 0 Å². The van der Waals surface area contributed by atoms with Gasteiger partial charge in [-0.2, -0.15) is 12.1 Å². The first-order valence-corrected chi connectivity index (χ1v) is 25.1. The molecular formula is C62H48BN5OPt-2. The van der Waals surface area contributed by atoms with Gasteiger partial charge >= 0.3 is 352 Å². The predicted molar refractivity (Wildman–Crippen MR) is 283 cm³/mol. The van der Waals surface area contributed by atoms with Gasteiger partial charge in [-0.05, 0) is 11.6 Å².